The Labute approximate surface area is 138 Å². The molecule has 5 nitrogen and oxygen atoms in total. The molecule has 0 aliphatic rings. The van der Waals surface area contributed by atoms with Gasteiger partial charge in [0.15, 0.2) is 5.58 Å². The number of oxazole rings is 1. The number of halogens is 1. The van der Waals surface area contributed by atoms with Gasteiger partial charge in [-0.25, -0.2) is 9.78 Å². The third kappa shape index (κ3) is 3.46. The van der Waals surface area contributed by atoms with Gasteiger partial charge in [-0.2, -0.15) is 0 Å². The monoisotopic (exact) mass is 330 g/mol. The second kappa shape index (κ2) is 6.71. The number of para-hydroxylation sites is 1. The van der Waals surface area contributed by atoms with Gasteiger partial charge in [-0.05, 0) is 36.8 Å². The molecule has 118 valence electrons. The molecule has 3 aromatic rings. The van der Waals surface area contributed by atoms with Crippen molar-refractivity contribution >= 4 is 34.5 Å². The number of hydrogen-bond acceptors (Lipinski definition) is 4. The number of ether oxygens (including phenoxy) is 1. The summed E-state index contributed by atoms with van der Waals surface area (Å²) in [7, 11) is 0. The van der Waals surface area contributed by atoms with Crippen molar-refractivity contribution in [2.45, 2.75) is 6.92 Å². The largest absolute Gasteiger partial charge is 0.448 e. The van der Waals surface area contributed by atoms with Crippen molar-refractivity contribution in [1.29, 1.82) is 0 Å². The first kappa shape index (κ1) is 15.4. The Balaban J connectivity index is 1.93. The molecular weight excluding hydrogens is 316 g/mol. The van der Waals surface area contributed by atoms with Gasteiger partial charge in [0.2, 0.25) is 5.89 Å². The van der Waals surface area contributed by atoms with Crippen LogP contribution < -0.4 is 5.32 Å². The standard InChI is InChI=1S/C17H15ClN2O3/c1-11-6-7-15-14(10-11)19-16(23-15)12-4-2-3-5-13(12)20-17(21)22-9-8-18/h2-7,10H,8-9H2,1H3,(H,20,21). The summed E-state index contributed by atoms with van der Waals surface area (Å²) in [6.07, 6.45) is -0.565. The molecule has 1 N–H and O–H groups in total. The molecule has 1 aromatic heterocycles. The van der Waals surface area contributed by atoms with E-state index in [1.54, 1.807) is 6.07 Å². The Morgan fingerprint density at radius 1 is 1.30 bits per heavy atom. The summed E-state index contributed by atoms with van der Waals surface area (Å²) in [5, 5.41) is 2.68. The highest BCUT2D eigenvalue weighted by Crippen LogP contribution is 2.30. The molecule has 0 radical (unpaired) electrons. The fourth-order valence-electron chi connectivity index (χ4n) is 2.21. The number of benzene rings is 2. The number of amides is 1. The molecule has 0 aliphatic carbocycles. The lowest BCUT2D eigenvalue weighted by Gasteiger charge is -2.08. The summed E-state index contributed by atoms with van der Waals surface area (Å²) in [6.45, 7) is 2.15. The summed E-state index contributed by atoms with van der Waals surface area (Å²) in [5.41, 5.74) is 3.83. The van der Waals surface area contributed by atoms with Crippen molar-refractivity contribution in [2.75, 3.05) is 17.8 Å². The Bertz CT molecular complexity index is 845. The van der Waals surface area contributed by atoms with Crippen LogP contribution in [-0.4, -0.2) is 23.6 Å². The van der Waals surface area contributed by atoms with Crippen molar-refractivity contribution < 1.29 is 13.9 Å². The smallest absolute Gasteiger partial charge is 0.411 e. The maximum atomic E-state index is 11.7. The zero-order chi connectivity index (χ0) is 16.2. The van der Waals surface area contributed by atoms with Crippen LogP contribution in [-0.2, 0) is 4.74 Å². The lowest BCUT2D eigenvalue weighted by molar-refractivity contribution is 0.168. The van der Waals surface area contributed by atoms with Gasteiger partial charge in [0.05, 0.1) is 17.1 Å². The first-order valence-corrected chi connectivity index (χ1v) is 7.67. The predicted octanol–water partition coefficient (Wildman–Crippen LogP) is 4.59. The molecule has 0 unspecified atom stereocenters. The molecule has 23 heavy (non-hydrogen) atoms. The highest BCUT2D eigenvalue weighted by Gasteiger charge is 2.14. The molecule has 0 saturated heterocycles. The van der Waals surface area contributed by atoms with E-state index < -0.39 is 6.09 Å². The number of nitrogens with zero attached hydrogens (tertiary/aromatic N) is 1. The summed E-state index contributed by atoms with van der Waals surface area (Å²) in [5.74, 6) is 0.693. The number of nitrogens with one attached hydrogen (secondary N) is 1. The number of anilines is 1. The number of carbonyl (C=O) groups excluding carboxylic acids is 1. The van der Waals surface area contributed by atoms with Crippen molar-refractivity contribution in [3.63, 3.8) is 0 Å². The third-order valence-electron chi connectivity index (χ3n) is 3.25. The summed E-state index contributed by atoms with van der Waals surface area (Å²) in [6, 6.07) is 13.0. The second-order valence-electron chi connectivity index (χ2n) is 4.99. The Kier molecular flexibility index (Phi) is 4.48. The zero-order valence-corrected chi connectivity index (χ0v) is 13.3. The topological polar surface area (TPSA) is 64.4 Å². The van der Waals surface area contributed by atoms with Crippen molar-refractivity contribution in [3.8, 4) is 11.5 Å². The van der Waals surface area contributed by atoms with E-state index >= 15 is 0 Å². The van der Waals surface area contributed by atoms with E-state index in [4.69, 9.17) is 20.8 Å². The van der Waals surface area contributed by atoms with Gasteiger partial charge in [0.1, 0.15) is 12.1 Å². The van der Waals surface area contributed by atoms with Crippen LogP contribution in [0.25, 0.3) is 22.6 Å². The molecule has 0 saturated carbocycles. The number of aromatic nitrogens is 1. The minimum atomic E-state index is -0.565. The summed E-state index contributed by atoms with van der Waals surface area (Å²) >= 11 is 5.50. The summed E-state index contributed by atoms with van der Waals surface area (Å²) in [4.78, 5) is 16.2. The maximum Gasteiger partial charge on any atom is 0.411 e. The molecule has 6 heteroatoms. The van der Waals surface area contributed by atoms with E-state index in [1.807, 2.05) is 43.3 Å². The normalized spacial score (nSPS) is 10.7. The van der Waals surface area contributed by atoms with Gasteiger partial charge in [0, 0.05) is 0 Å². The zero-order valence-electron chi connectivity index (χ0n) is 12.5. The van der Waals surface area contributed by atoms with Gasteiger partial charge in [0.25, 0.3) is 0 Å². The van der Waals surface area contributed by atoms with Gasteiger partial charge >= 0.3 is 6.09 Å². The molecule has 0 atom stereocenters. The average molecular weight is 331 g/mol. The molecular formula is C17H15ClN2O3. The molecule has 1 heterocycles. The van der Waals surface area contributed by atoms with Crippen LogP contribution in [0.5, 0.6) is 0 Å². The molecule has 1 amide bonds. The van der Waals surface area contributed by atoms with Crippen molar-refractivity contribution in [3.05, 3.63) is 48.0 Å². The number of rotatable bonds is 4. The lowest BCUT2D eigenvalue weighted by atomic mass is 10.2. The molecule has 0 spiro atoms. The van der Waals surface area contributed by atoms with E-state index in [0.717, 1.165) is 11.1 Å². The van der Waals surface area contributed by atoms with E-state index in [9.17, 15) is 4.79 Å². The average Bonchev–Trinajstić information content (AvgIpc) is 2.96. The molecule has 3 rings (SSSR count). The fourth-order valence-corrected chi connectivity index (χ4v) is 2.29. The molecule has 0 bridgehead atoms. The lowest BCUT2D eigenvalue weighted by Crippen LogP contribution is -2.15. The van der Waals surface area contributed by atoms with E-state index in [0.29, 0.717) is 22.7 Å². The van der Waals surface area contributed by atoms with Crippen LogP contribution >= 0.6 is 11.6 Å². The SMILES string of the molecule is Cc1ccc2oc(-c3ccccc3NC(=O)OCCCl)nc2c1. The predicted molar refractivity (Wildman–Crippen MR) is 89.9 cm³/mol. The first-order chi connectivity index (χ1) is 11.2. The number of aryl methyl sites for hydroxylation is 1. The fraction of sp³-hybridized carbons (Fsp3) is 0.176. The number of alkyl halides is 1. The first-order valence-electron chi connectivity index (χ1n) is 7.14. The van der Waals surface area contributed by atoms with Gasteiger partial charge < -0.3 is 9.15 Å². The Morgan fingerprint density at radius 2 is 2.13 bits per heavy atom. The van der Waals surface area contributed by atoms with E-state index in [2.05, 4.69) is 10.3 Å². The van der Waals surface area contributed by atoms with Crippen LogP contribution in [0.3, 0.4) is 0 Å². The summed E-state index contributed by atoms with van der Waals surface area (Å²) < 4.78 is 10.7. The van der Waals surface area contributed by atoms with Crippen LogP contribution in [0.1, 0.15) is 5.56 Å². The molecule has 0 aliphatic heterocycles. The minimum Gasteiger partial charge on any atom is -0.448 e. The highest BCUT2D eigenvalue weighted by molar-refractivity contribution is 6.18. The number of hydrogen-bond donors (Lipinski definition) is 1. The Morgan fingerprint density at radius 3 is 2.96 bits per heavy atom. The van der Waals surface area contributed by atoms with Crippen LogP contribution in [0.15, 0.2) is 46.9 Å². The van der Waals surface area contributed by atoms with Gasteiger partial charge in [-0.15, -0.1) is 11.6 Å². The third-order valence-corrected chi connectivity index (χ3v) is 3.40. The van der Waals surface area contributed by atoms with Crippen molar-refractivity contribution in [1.82, 2.24) is 4.98 Å². The van der Waals surface area contributed by atoms with Gasteiger partial charge in [-0.1, -0.05) is 18.2 Å². The van der Waals surface area contributed by atoms with Crippen LogP contribution in [0.2, 0.25) is 0 Å². The van der Waals surface area contributed by atoms with Crippen molar-refractivity contribution in [2.24, 2.45) is 0 Å². The van der Waals surface area contributed by atoms with Crippen LogP contribution in [0, 0.1) is 6.92 Å². The number of carbonyl (C=O) groups is 1. The maximum absolute atomic E-state index is 11.7. The minimum absolute atomic E-state index is 0.151. The quantitative estimate of drug-likeness (QED) is 0.710. The molecule has 0 fully saturated rings. The van der Waals surface area contributed by atoms with Gasteiger partial charge in [-0.3, -0.25) is 5.32 Å². The van der Waals surface area contributed by atoms with Crippen LogP contribution in [0.4, 0.5) is 10.5 Å². The van der Waals surface area contributed by atoms with E-state index in [-0.39, 0.29) is 12.5 Å². The highest BCUT2D eigenvalue weighted by atomic mass is 35.5. The number of fused-ring (bicyclic) bond motifs is 1. The Hall–Kier alpha value is -2.53. The molecule has 2 aromatic carbocycles. The second-order valence-corrected chi connectivity index (χ2v) is 5.36. The van der Waals surface area contributed by atoms with E-state index in [1.165, 1.54) is 0 Å².